The number of rotatable bonds is 5. The van der Waals surface area contributed by atoms with E-state index in [4.69, 9.17) is 0 Å². The van der Waals surface area contributed by atoms with Crippen molar-refractivity contribution in [2.45, 2.75) is 13.8 Å². The number of nitrogens with one attached hydrogen (secondary N) is 1. The summed E-state index contributed by atoms with van der Waals surface area (Å²) in [5.41, 5.74) is 2.38. The molecule has 3 rings (SSSR count). The van der Waals surface area contributed by atoms with Crippen LogP contribution in [0.4, 0.5) is 11.4 Å². The Morgan fingerprint density at radius 3 is 2.33 bits per heavy atom. The number of anilines is 2. The number of nitrogens with zero attached hydrogens (tertiary/aromatic N) is 2. The number of para-hydroxylation sites is 1. The molecule has 0 spiro atoms. The maximum absolute atomic E-state index is 12.5. The van der Waals surface area contributed by atoms with Gasteiger partial charge in [-0.3, -0.25) is 19.4 Å². The van der Waals surface area contributed by atoms with Gasteiger partial charge in [-0.05, 0) is 43.3 Å². The predicted octanol–water partition coefficient (Wildman–Crippen LogP) is 3.43. The minimum Gasteiger partial charge on any atom is -0.323 e. The molecule has 27 heavy (non-hydrogen) atoms. The fourth-order valence-electron chi connectivity index (χ4n) is 2.80. The molecule has 3 aromatic rings. The fraction of sp³-hybridized carbons (Fsp3) is 0.143. The average molecular weight is 361 g/mol. The van der Waals surface area contributed by atoms with E-state index in [0.717, 1.165) is 5.39 Å². The van der Waals surface area contributed by atoms with Gasteiger partial charge < -0.3 is 10.2 Å². The van der Waals surface area contributed by atoms with Crippen molar-refractivity contribution in [2.24, 2.45) is 0 Å². The minimum atomic E-state index is -0.334. The Kier molecular flexibility index (Phi) is 5.26. The van der Waals surface area contributed by atoms with Crippen LogP contribution in [0.2, 0.25) is 0 Å². The van der Waals surface area contributed by atoms with Crippen molar-refractivity contribution >= 4 is 39.9 Å². The Labute approximate surface area is 156 Å². The molecular weight excluding hydrogens is 342 g/mol. The summed E-state index contributed by atoms with van der Waals surface area (Å²) in [5.74, 6) is -0.659. The molecule has 0 fully saturated rings. The van der Waals surface area contributed by atoms with Gasteiger partial charge in [-0.15, -0.1) is 0 Å². The van der Waals surface area contributed by atoms with E-state index in [9.17, 15) is 14.4 Å². The highest BCUT2D eigenvalue weighted by Crippen LogP contribution is 2.21. The monoisotopic (exact) mass is 361 g/mol. The number of Topliss-reactive ketones (excluding diaryl/α,β-unsaturated/α-hetero) is 1. The zero-order valence-electron chi connectivity index (χ0n) is 15.1. The maximum atomic E-state index is 12.5. The summed E-state index contributed by atoms with van der Waals surface area (Å²) in [6, 6.07) is 15.9. The van der Waals surface area contributed by atoms with Crippen molar-refractivity contribution in [1.82, 2.24) is 4.98 Å². The Bertz CT molecular complexity index is 1010. The Hall–Kier alpha value is -3.54. The van der Waals surface area contributed by atoms with E-state index >= 15 is 0 Å². The maximum Gasteiger partial charge on any atom is 0.244 e. The van der Waals surface area contributed by atoms with Crippen LogP contribution in [0.3, 0.4) is 0 Å². The third-order valence-corrected chi connectivity index (χ3v) is 4.17. The molecule has 6 heteroatoms. The largest absolute Gasteiger partial charge is 0.323 e. The Morgan fingerprint density at radius 2 is 1.67 bits per heavy atom. The van der Waals surface area contributed by atoms with Gasteiger partial charge in [0.15, 0.2) is 5.78 Å². The molecule has 0 saturated carbocycles. The van der Waals surface area contributed by atoms with Crippen LogP contribution in [-0.2, 0) is 9.59 Å². The quantitative estimate of drug-likeness (QED) is 0.706. The van der Waals surface area contributed by atoms with Crippen molar-refractivity contribution in [3.63, 3.8) is 0 Å². The first-order valence-corrected chi connectivity index (χ1v) is 8.48. The molecule has 0 aliphatic carbocycles. The number of hydrogen-bond acceptors (Lipinski definition) is 4. The third kappa shape index (κ3) is 4.17. The summed E-state index contributed by atoms with van der Waals surface area (Å²) in [7, 11) is 0. The summed E-state index contributed by atoms with van der Waals surface area (Å²) in [5, 5.41) is 3.74. The second-order valence-electron chi connectivity index (χ2n) is 6.14. The van der Waals surface area contributed by atoms with Crippen molar-refractivity contribution in [2.75, 3.05) is 16.8 Å². The second kappa shape index (κ2) is 7.78. The highest BCUT2D eigenvalue weighted by molar-refractivity contribution is 6.05. The van der Waals surface area contributed by atoms with Gasteiger partial charge in [-0.2, -0.15) is 0 Å². The molecule has 0 atom stereocenters. The number of amides is 2. The first-order chi connectivity index (χ1) is 13.0. The van der Waals surface area contributed by atoms with Gasteiger partial charge in [0.05, 0.1) is 11.2 Å². The van der Waals surface area contributed by atoms with Crippen LogP contribution in [0.15, 0.2) is 60.8 Å². The van der Waals surface area contributed by atoms with Gasteiger partial charge in [-0.25, -0.2) is 0 Å². The van der Waals surface area contributed by atoms with Crippen LogP contribution >= 0.6 is 0 Å². The molecule has 2 aromatic carbocycles. The van der Waals surface area contributed by atoms with Crippen LogP contribution in [-0.4, -0.2) is 29.1 Å². The fourth-order valence-corrected chi connectivity index (χ4v) is 2.80. The molecule has 1 aromatic heterocycles. The highest BCUT2D eigenvalue weighted by Gasteiger charge is 2.17. The van der Waals surface area contributed by atoms with Gasteiger partial charge in [-0.1, -0.05) is 18.2 Å². The second-order valence-corrected chi connectivity index (χ2v) is 6.14. The lowest BCUT2D eigenvalue weighted by Crippen LogP contribution is -2.36. The molecule has 2 amide bonds. The Morgan fingerprint density at radius 1 is 0.963 bits per heavy atom. The van der Waals surface area contributed by atoms with Crippen LogP contribution < -0.4 is 10.2 Å². The van der Waals surface area contributed by atoms with Crippen LogP contribution in [0, 0.1) is 0 Å². The molecule has 1 heterocycles. The number of pyridine rings is 1. The van der Waals surface area contributed by atoms with Crippen molar-refractivity contribution < 1.29 is 14.4 Å². The number of carbonyl (C=O) groups excluding carboxylic acids is 3. The van der Waals surface area contributed by atoms with Gasteiger partial charge in [0.25, 0.3) is 0 Å². The van der Waals surface area contributed by atoms with E-state index in [-0.39, 0.29) is 24.1 Å². The smallest absolute Gasteiger partial charge is 0.244 e. The van der Waals surface area contributed by atoms with E-state index in [0.29, 0.717) is 22.5 Å². The van der Waals surface area contributed by atoms with Crippen LogP contribution in [0.5, 0.6) is 0 Å². The van der Waals surface area contributed by atoms with Crippen molar-refractivity contribution in [3.05, 3.63) is 66.4 Å². The lowest BCUT2D eigenvalue weighted by molar-refractivity contribution is -0.120. The zero-order valence-corrected chi connectivity index (χ0v) is 15.1. The molecule has 0 radical (unpaired) electrons. The molecule has 0 unspecified atom stereocenters. The standard InChI is InChI=1S/C21H19N3O3/c1-14(25)16-8-10-18(11-9-16)24(15(2)26)13-20(27)23-19-7-3-5-17-6-4-12-22-21(17)19/h3-12H,13H2,1-2H3,(H,23,27). The number of ketones is 1. The lowest BCUT2D eigenvalue weighted by atomic mass is 10.1. The van der Waals surface area contributed by atoms with E-state index in [1.807, 2.05) is 24.3 Å². The molecule has 0 bridgehead atoms. The van der Waals surface area contributed by atoms with Gasteiger partial charge in [0.2, 0.25) is 11.8 Å². The third-order valence-electron chi connectivity index (χ3n) is 4.17. The highest BCUT2D eigenvalue weighted by atomic mass is 16.2. The van der Waals surface area contributed by atoms with Crippen LogP contribution in [0.25, 0.3) is 10.9 Å². The van der Waals surface area contributed by atoms with Gasteiger partial charge in [0, 0.05) is 29.8 Å². The van der Waals surface area contributed by atoms with Crippen molar-refractivity contribution in [3.8, 4) is 0 Å². The first kappa shape index (κ1) is 18.3. The molecule has 1 N–H and O–H groups in total. The van der Waals surface area contributed by atoms with Gasteiger partial charge >= 0.3 is 0 Å². The molecule has 0 aliphatic rings. The van der Waals surface area contributed by atoms with E-state index in [1.54, 1.807) is 36.5 Å². The summed E-state index contributed by atoms with van der Waals surface area (Å²) in [6.45, 7) is 2.73. The van der Waals surface area contributed by atoms with Gasteiger partial charge in [0.1, 0.15) is 6.54 Å². The minimum absolute atomic E-state index is 0.0582. The van der Waals surface area contributed by atoms with E-state index in [2.05, 4.69) is 10.3 Å². The topological polar surface area (TPSA) is 79.4 Å². The summed E-state index contributed by atoms with van der Waals surface area (Å²) < 4.78 is 0. The summed E-state index contributed by atoms with van der Waals surface area (Å²) in [4.78, 5) is 41.6. The first-order valence-electron chi connectivity index (χ1n) is 8.48. The number of aromatic nitrogens is 1. The number of fused-ring (bicyclic) bond motifs is 1. The predicted molar refractivity (Wildman–Crippen MR) is 105 cm³/mol. The Balaban J connectivity index is 1.79. The molecule has 6 nitrogen and oxygen atoms in total. The molecule has 136 valence electrons. The number of carbonyl (C=O) groups is 3. The summed E-state index contributed by atoms with van der Waals surface area (Å²) >= 11 is 0. The average Bonchev–Trinajstić information content (AvgIpc) is 2.66. The summed E-state index contributed by atoms with van der Waals surface area (Å²) in [6.07, 6.45) is 1.66. The van der Waals surface area contributed by atoms with E-state index < -0.39 is 0 Å². The lowest BCUT2D eigenvalue weighted by Gasteiger charge is -2.21. The number of benzene rings is 2. The zero-order chi connectivity index (χ0) is 19.4. The number of hydrogen-bond donors (Lipinski definition) is 1. The van der Waals surface area contributed by atoms with Crippen molar-refractivity contribution in [1.29, 1.82) is 0 Å². The molecule has 0 aliphatic heterocycles. The van der Waals surface area contributed by atoms with E-state index in [1.165, 1.54) is 18.7 Å². The molecule has 0 saturated heterocycles. The van der Waals surface area contributed by atoms with Crippen LogP contribution in [0.1, 0.15) is 24.2 Å². The SMILES string of the molecule is CC(=O)c1ccc(N(CC(=O)Nc2cccc3cccnc23)C(C)=O)cc1. The molecular formula is C21H19N3O3. The normalized spacial score (nSPS) is 10.4.